The SMILES string of the molecule is Cc1cc(-c2ccc3c(c2)c2ccccc2n3-c2ccc(-c3ccc[c]([Ge]([c]4ccccc4)([c]4ccccc4)[c]4ccccc4)c3)cc2-c2nc(-c3ccccc3)nc(-c3ccccc3)n2)cc(C(F)(F)F)c1. The van der Waals surface area contributed by atoms with Gasteiger partial charge in [-0.2, -0.15) is 13.2 Å². The van der Waals surface area contributed by atoms with Crippen LogP contribution in [-0.2, 0) is 6.18 Å². The van der Waals surface area contributed by atoms with Gasteiger partial charge >= 0.3 is 359 Å². The summed E-state index contributed by atoms with van der Waals surface area (Å²) in [6, 6.07) is 86.9. The number of aryl methyl sites for hydroxylation is 1. The van der Waals surface area contributed by atoms with Crippen LogP contribution in [0.2, 0.25) is 0 Å². The number of alkyl halides is 3. The van der Waals surface area contributed by atoms with Gasteiger partial charge in [0.1, 0.15) is 0 Å². The van der Waals surface area contributed by atoms with Crippen molar-refractivity contribution in [2.75, 3.05) is 0 Å². The monoisotopic (exact) mass is 1010 g/mol. The van der Waals surface area contributed by atoms with Crippen molar-refractivity contribution in [1.82, 2.24) is 19.5 Å². The van der Waals surface area contributed by atoms with E-state index in [0.29, 0.717) is 34.2 Å². The van der Waals surface area contributed by atoms with Crippen LogP contribution in [0.25, 0.3) is 83.9 Å². The second-order valence-corrected chi connectivity index (χ2v) is 26.4. The molecule has 8 heteroatoms. The fourth-order valence-electron chi connectivity index (χ4n) is 10.5. The average molecular weight is 1010 g/mol. The molecule has 350 valence electrons. The summed E-state index contributed by atoms with van der Waals surface area (Å²) >= 11 is -3.66. The van der Waals surface area contributed by atoms with Crippen molar-refractivity contribution in [2.45, 2.75) is 13.1 Å². The van der Waals surface area contributed by atoms with Crippen molar-refractivity contribution in [3.63, 3.8) is 0 Å². The third-order valence-electron chi connectivity index (χ3n) is 13.8. The second kappa shape index (κ2) is 18.8. The molecule has 0 aliphatic carbocycles. The van der Waals surface area contributed by atoms with Crippen LogP contribution in [-0.4, -0.2) is 32.8 Å². The van der Waals surface area contributed by atoms with Gasteiger partial charge in [0.05, 0.1) is 5.56 Å². The Morgan fingerprint density at radius 3 is 1.41 bits per heavy atom. The number of aromatic nitrogens is 4. The van der Waals surface area contributed by atoms with Gasteiger partial charge < -0.3 is 0 Å². The summed E-state index contributed by atoms with van der Waals surface area (Å²) in [7, 11) is 0. The summed E-state index contributed by atoms with van der Waals surface area (Å²) in [5.41, 5.74) is 8.24. The molecule has 0 spiro atoms. The molecule has 12 aromatic rings. The van der Waals surface area contributed by atoms with Crippen LogP contribution < -0.4 is 17.6 Å². The van der Waals surface area contributed by atoms with E-state index in [1.165, 1.54) is 29.7 Å². The van der Waals surface area contributed by atoms with Crippen LogP contribution in [0.3, 0.4) is 0 Å². The minimum Gasteiger partial charge on any atom is -0.166 e. The third kappa shape index (κ3) is 8.41. The van der Waals surface area contributed by atoms with E-state index in [4.69, 9.17) is 15.0 Å². The molecular formula is C65H45F3GeN4. The molecule has 0 aliphatic heterocycles. The standard InChI is InChI=1S/C65H45F3GeN4/c1-44-38-50(40-51(39-44)65(66,67)68)49-35-36-60-57(42-49)56-32-17-18-33-59(56)73(60)61-37-34-48(43-58(61)64-71-62(45-20-7-2-8-21-45)70-63(72-64)46-22-9-3-10-23-46)47-24-19-31-55(41-47)69(52-25-11-4-12-26-52,53-27-13-5-14-28-53)54-29-15-6-16-30-54/h2-43H,1H3. The molecule has 0 unspecified atom stereocenters. The minimum absolute atomic E-state index is 0.493. The van der Waals surface area contributed by atoms with Gasteiger partial charge in [-0.25, -0.2) is 0 Å². The van der Waals surface area contributed by atoms with Crippen LogP contribution >= 0.6 is 0 Å². The van der Waals surface area contributed by atoms with E-state index in [-0.39, 0.29) is 0 Å². The van der Waals surface area contributed by atoms with E-state index in [1.54, 1.807) is 6.92 Å². The zero-order valence-electron chi connectivity index (χ0n) is 39.7. The molecule has 0 saturated heterocycles. The molecule has 4 nitrogen and oxygen atoms in total. The first-order valence-corrected chi connectivity index (χ1v) is 28.4. The zero-order valence-corrected chi connectivity index (χ0v) is 41.8. The fourth-order valence-corrected chi connectivity index (χ4v) is 20.6. The van der Waals surface area contributed by atoms with Crippen molar-refractivity contribution in [3.05, 3.63) is 266 Å². The maximum atomic E-state index is 14.1. The Balaban J connectivity index is 1.12. The normalized spacial score (nSPS) is 11.8. The number of rotatable bonds is 10. The maximum Gasteiger partial charge on any atom is 0.416 e. The second-order valence-electron chi connectivity index (χ2n) is 18.4. The van der Waals surface area contributed by atoms with E-state index in [1.807, 2.05) is 97.1 Å². The number of benzene rings is 10. The van der Waals surface area contributed by atoms with E-state index in [2.05, 4.69) is 150 Å². The molecule has 10 aromatic carbocycles. The van der Waals surface area contributed by atoms with E-state index >= 15 is 0 Å². The molecule has 12 rings (SSSR count). The van der Waals surface area contributed by atoms with E-state index in [0.717, 1.165) is 55.3 Å². The van der Waals surface area contributed by atoms with Gasteiger partial charge in [-0.3, -0.25) is 0 Å². The predicted octanol–water partition coefficient (Wildman–Crippen LogP) is 14.0. The molecule has 2 heterocycles. The molecule has 73 heavy (non-hydrogen) atoms. The number of nitrogens with zero attached hydrogens (tertiary/aromatic N) is 4. The first kappa shape index (κ1) is 45.5. The molecule has 0 aliphatic rings. The van der Waals surface area contributed by atoms with Crippen molar-refractivity contribution < 1.29 is 13.2 Å². The van der Waals surface area contributed by atoms with Crippen molar-refractivity contribution in [1.29, 1.82) is 0 Å². The summed E-state index contributed by atoms with van der Waals surface area (Å²) in [6.45, 7) is 1.70. The summed E-state index contributed by atoms with van der Waals surface area (Å²) in [4.78, 5) is 15.7. The quantitative estimate of drug-likeness (QED) is 0.128. The van der Waals surface area contributed by atoms with Gasteiger partial charge in [0, 0.05) is 0 Å². The van der Waals surface area contributed by atoms with Gasteiger partial charge in [-0.1, -0.05) is 18.2 Å². The molecule has 0 N–H and O–H groups in total. The summed E-state index contributed by atoms with van der Waals surface area (Å²) < 4.78 is 49.9. The first-order valence-electron chi connectivity index (χ1n) is 24.2. The third-order valence-corrected chi connectivity index (χ3v) is 23.9. The molecule has 0 atom stereocenters. The van der Waals surface area contributed by atoms with Gasteiger partial charge in [0.25, 0.3) is 0 Å². The number of para-hydroxylation sites is 1. The number of hydrogen-bond acceptors (Lipinski definition) is 3. The largest absolute Gasteiger partial charge is 0.416 e. The fraction of sp³-hybridized carbons (Fsp3) is 0.0308. The summed E-state index contributed by atoms with van der Waals surface area (Å²) in [6.07, 6.45) is -4.47. The van der Waals surface area contributed by atoms with Gasteiger partial charge in [0.2, 0.25) is 0 Å². The average Bonchev–Trinajstić information content (AvgIpc) is 3.77. The van der Waals surface area contributed by atoms with Gasteiger partial charge in [-0.05, 0) is 30.2 Å². The van der Waals surface area contributed by atoms with Crippen LogP contribution in [0.5, 0.6) is 0 Å². The van der Waals surface area contributed by atoms with E-state index < -0.39 is 25.0 Å². The molecule has 0 amide bonds. The van der Waals surface area contributed by atoms with Crippen molar-refractivity contribution in [3.8, 4) is 62.1 Å². The van der Waals surface area contributed by atoms with Gasteiger partial charge in [-0.15, -0.1) is 0 Å². The Kier molecular flexibility index (Phi) is 11.7. The molecule has 0 bridgehead atoms. The molecule has 0 fully saturated rings. The van der Waals surface area contributed by atoms with Crippen LogP contribution in [0.15, 0.2) is 255 Å². The van der Waals surface area contributed by atoms with Crippen molar-refractivity contribution in [2.24, 2.45) is 0 Å². The Hall–Kier alpha value is -8.66. The van der Waals surface area contributed by atoms with E-state index in [9.17, 15) is 13.2 Å². The number of halogens is 3. The first-order chi connectivity index (χ1) is 35.7. The van der Waals surface area contributed by atoms with Crippen LogP contribution in [0.1, 0.15) is 11.1 Å². The summed E-state index contributed by atoms with van der Waals surface area (Å²) in [5, 5.41) is 1.87. The summed E-state index contributed by atoms with van der Waals surface area (Å²) in [5.74, 6) is 1.57. The predicted molar refractivity (Wildman–Crippen MR) is 295 cm³/mol. The van der Waals surface area contributed by atoms with Crippen molar-refractivity contribution >= 4 is 52.7 Å². The van der Waals surface area contributed by atoms with Gasteiger partial charge in [0.15, 0.2) is 0 Å². The minimum atomic E-state index is -4.47. The zero-order chi connectivity index (χ0) is 49.5. The smallest absolute Gasteiger partial charge is 0.166 e. The Bertz CT molecular complexity index is 3800. The topological polar surface area (TPSA) is 43.6 Å². The number of hydrogen-bond donors (Lipinski definition) is 0. The maximum absolute atomic E-state index is 14.1. The number of fused-ring (bicyclic) bond motifs is 3. The Morgan fingerprint density at radius 1 is 0.356 bits per heavy atom. The Labute approximate surface area is 424 Å². The molecule has 0 radical (unpaired) electrons. The van der Waals surface area contributed by atoms with Crippen LogP contribution in [0.4, 0.5) is 13.2 Å². The molecule has 0 saturated carbocycles. The molecular weight excluding hydrogens is 966 g/mol. The Morgan fingerprint density at radius 2 is 0.822 bits per heavy atom. The van der Waals surface area contributed by atoms with Crippen LogP contribution in [0, 0.1) is 6.92 Å². The molecule has 2 aromatic heterocycles.